The SMILES string of the molecule is CCOc1c(/C(C)=C/C(=O)NCCN2CCOCC2)cc2c(-c3ccc(F)cc3)coc2c1C. The number of allylic oxidation sites excluding steroid dienone is 1. The molecule has 0 unspecified atom stereocenters. The maximum Gasteiger partial charge on any atom is 0.244 e. The molecule has 2 heterocycles. The predicted octanol–water partition coefficient (Wildman–Crippen LogP) is 4.80. The monoisotopic (exact) mass is 466 g/mol. The highest BCUT2D eigenvalue weighted by Crippen LogP contribution is 2.40. The Morgan fingerprint density at radius 3 is 2.68 bits per heavy atom. The molecule has 3 aromatic rings. The molecule has 1 amide bonds. The van der Waals surface area contributed by atoms with Crippen LogP contribution in [0.25, 0.3) is 27.7 Å². The fourth-order valence-corrected chi connectivity index (χ4v) is 4.28. The van der Waals surface area contributed by atoms with Crippen molar-refractivity contribution in [2.45, 2.75) is 20.8 Å². The van der Waals surface area contributed by atoms with Gasteiger partial charge >= 0.3 is 0 Å². The van der Waals surface area contributed by atoms with E-state index in [0.29, 0.717) is 24.5 Å². The molecular formula is C27H31FN2O4. The summed E-state index contributed by atoms with van der Waals surface area (Å²) in [4.78, 5) is 14.9. The van der Waals surface area contributed by atoms with E-state index < -0.39 is 0 Å². The molecule has 0 atom stereocenters. The minimum Gasteiger partial charge on any atom is -0.493 e. The highest BCUT2D eigenvalue weighted by atomic mass is 19.1. The topological polar surface area (TPSA) is 63.9 Å². The lowest BCUT2D eigenvalue weighted by atomic mass is 9.96. The average molecular weight is 467 g/mol. The Morgan fingerprint density at radius 2 is 1.97 bits per heavy atom. The number of halogens is 1. The molecule has 0 spiro atoms. The van der Waals surface area contributed by atoms with Gasteiger partial charge in [0, 0.05) is 54.3 Å². The third-order valence-corrected chi connectivity index (χ3v) is 6.09. The van der Waals surface area contributed by atoms with Gasteiger partial charge in [-0.2, -0.15) is 0 Å². The van der Waals surface area contributed by atoms with Crippen LogP contribution in [0.15, 0.2) is 47.1 Å². The first-order chi connectivity index (χ1) is 16.5. The van der Waals surface area contributed by atoms with Crippen LogP contribution >= 0.6 is 0 Å². The number of ether oxygens (including phenoxy) is 2. The lowest BCUT2D eigenvalue weighted by Crippen LogP contribution is -2.41. The number of carbonyl (C=O) groups is 1. The van der Waals surface area contributed by atoms with Crippen molar-refractivity contribution in [3.63, 3.8) is 0 Å². The Morgan fingerprint density at radius 1 is 1.24 bits per heavy atom. The minimum atomic E-state index is -0.287. The van der Waals surface area contributed by atoms with Crippen LogP contribution in [-0.2, 0) is 9.53 Å². The van der Waals surface area contributed by atoms with Gasteiger partial charge in [-0.05, 0) is 50.1 Å². The Labute approximate surface area is 199 Å². The molecule has 2 aromatic carbocycles. The molecule has 4 rings (SSSR count). The summed E-state index contributed by atoms with van der Waals surface area (Å²) in [6, 6.07) is 8.32. The lowest BCUT2D eigenvalue weighted by Gasteiger charge is -2.26. The molecular weight excluding hydrogens is 435 g/mol. The van der Waals surface area contributed by atoms with Gasteiger partial charge in [-0.25, -0.2) is 4.39 Å². The van der Waals surface area contributed by atoms with Crippen molar-refractivity contribution in [1.82, 2.24) is 10.2 Å². The third-order valence-electron chi connectivity index (χ3n) is 6.09. The molecule has 180 valence electrons. The molecule has 0 bridgehead atoms. The van der Waals surface area contributed by atoms with Gasteiger partial charge < -0.3 is 19.2 Å². The van der Waals surface area contributed by atoms with E-state index in [1.807, 2.05) is 26.8 Å². The van der Waals surface area contributed by atoms with Crippen LogP contribution in [0.1, 0.15) is 25.0 Å². The van der Waals surface area contributed by atoms with Gasteiger partial charge in [0.25, 0.3) is 0 Å². The van der Waals surface area contributed by atoms with Crippen LogP contribution in [0.2, 0.25) is 0 Å². The van der Waals surface area contributed by atoms with E-state index >= 15 is 0 Å². The van der Waals surface area contributed by atoms with Crippen molar-refractivity contribution in [3.05, 3.63) is 59.6 Å². The Kier molecular flexibility index (Phi) is 7.65. The third kappa shape index (κ3) is 5.32. The Balaban J connectivity index is 1.61. The zero-order valence-corrected chi connectivity index (χ0v) is 19.9. The van der Waals surface area contributed by atoms with E-state index in [2.05, 4.69) is 10.2 Å². The standard InChI is InChI=1S/C27H31FN2O4/c1-4-33-26-19(3)27-23(24(17-34-27)20-5-7-21(28)8-6-20)16-22(26)18(2)15-25(31)29-9-10-30-11-13-32-14-12-30/h5-8,15-17H,4,9-14H2,1-3H3,(H,29,31)/b18-15+. The molecule has 1 saturated heterocycles. The van der Waals surface area contributed by atoms with Gasteiger partial charge in [-0.15, -0.1) is 0 Å². The van der Waals surface area contributed by atoms with Crippen LogP contribution in [0.4, 0.5) is 4.39 Å². The molecule has 0 aliphatic carbocycles. The molecule has 0 radical (unpaired) electrons. The van der Waals surface area contributed by atoms with Crippen LogP contribution < -0.4 is 10.1 Å². The second-order valence-corrected chi connectivity index (χ2v) is 8.42. The summed E-state index contributed by atoms with van der Waals surface area (Å²) >= 11 is 0. The summed E-state index contributed by atoms with van der Waals surface area (Å²) in [5, 5.41) is 3.87. The zero-order chi connectivity index (χ0) is 24.1. The first-order valence-electron chi connectivity index (χ1n) is 11.7. The van der Waals surface area contributed by atoms with Gasteiger partial charge in [0.2, 0.25) is 5.91 Å². The zero-order valence-electron chi connectivity index (χ0n) is 19.9. The summed E-state index contributed by atoms with van der Waals surface area (Å²) in [5.74, 6) is 0.271. The van der Waals surface area contributed by atoms with Gasteiger partial charge in [-0.1, -0.05) is 12.1 Å². The van der Waals surface area contributed by atoms with Gasteiger partial charge in [0.05, 0.1) is 26.1 Å². The summed E-state index contributed by atoms with van der Waals surface area (Å²) in [6.07, 6.45) is 3.29. The van der Waals surface area contributed by atoms with E-state index in [1.165, 1.54) is 12.1 Å². The number of amides is 1. The van der Waals surface area contributed by atoms with Crippen LogP contribution in [0.5, 0.6) is 5.75 Å². The van der Waals surface area contributed by atoms with E-state index in [-0.39, 0.29) is 11.7 Å². The normalized spacial score (nSPS) is 15.0. The smallest absolute Gasteiger partial charge is 0.244 e. The molecule has 1 fully saturated rings. The number of benzene rings is 2. The van der Waals surface area contributed by atoms with Gasteiger partial charge in [0.15, 0.2) is 0 Å². The number of furan rings is 1. The molecule has 1 aliphatic heterocycles. The number of nitrogens with one attached hydrogen (secondary N) is 1. The Bertz CT molecular complexity index is 1180. The number of hydrogen-bond donors (Lipinski definition) is 1. The van der Waals surface area contributed by atoms with Crippen LogP contribution in [0.3, 0.4) is 0 Å². The molecule has 34 heavy (non-hydrogen) atoms. The fourth-order valence-electron chi connectivity index (χ4n) is 4.28. The second kappa shape index (κ2) is 10.8. The molecule has 1 aromatic heterocycles. The number of carbonyl (C=O) groups excluding carboxylic acids is 1. The van der Waals surface area contributed by atoms with Crippen LogP contribution in [-0.4, -0.2) is 56.8 Å². The lowest BCUT2D eigenvalue weighted by molar-refractivity contribution is -0.116. The van der Waals surface area contributed by atoms with Gasteiger partial charge in [0.1, 0.15) is 17.1 Å². The van der Waals surface area contributed by atoms with Crippen molar-refractivity contribution in [2.24, 2.45) is 0 Å². The molecule has 7 heteroatoms. The molecule has 0 saturated carbocycles. The molecule has 6 nitrogen and oxygen atoms in total. The number of rotatable bonds is 8. The summed E-state index contributed by atoms with van der Waals surface area (Å²) in [5.41, 5.74) is 4.93. The Hall–Kier alpha value is -3.16. The summed E-state index contributed by atoms with van der Waals surface area (Å²) < 4.78 is 30.7. The highest BCUT2D eigenvalue weighted by molar-refractivity contribution is 6.01. The number of morpholine rings is 1. The van der Waals surface area contributed by atoms with Crippen molar-refractivity contribution in [1.29, 1.82) is 0 Å². The summed E-state index contributed by atoms with van der Waals surface area (Å²) in [6.45, 7) is 10.9. The molecule has 1 aliphatic rings. The van der Waals surface area contributed by atoms with Crippen molar-refractivity contribution in [3.8, 4) is 16.9 Å². The maximum absolute atomic E-state index is 13.4. The van der Waals surface area contributed by atoms with E-state index in [9.17, 15) is 9.18 Å². The predicted molar refractivity (Wildman–Crippen MR) is 131 cm³/mol. The van der Waals surface area contributed by atoms with Gasteiger partial charge in [-0.3, -0.25) is 9.69 Å². The van der Waals surface area contributed by atoms with Crippen molar-refractivity contribution < 1.29 is 23.1 Å². The van der Waals surface area contributed by atoms with E-state index in [0.717, 1.165) is 66.1 Å². The van der Waals surface area contributed by atoms with Crippen molar-refractivity contribution >= 4 is 22.4 Å². The number of nitrogens with zero attached hydrogens (tertiary/aromatic N) is 1. The largest absolute Gasteiger partial charge is 0.493 e. The van der Waals surface area contributed by atoms with E-state index in [1.54, 1.807) is 24.5 Å². The first kappa shape index (κ1) is 24.0. The average Bonchev–Trinajstić information content (AvgIpc) is 3.26. The number of aryl methyl sites for hydroxylation is 1. The first-order valence-corrected chi connectivity index (χ1v) is 11.7. The van der Waals surface area contributed by atoms with E-state index in [4.69, 9.17) is 13.9 Å². The maximum atomic E-state index is 13.4. The number of fused-ring (bicyclic) bond motifs is 1. The molecule has 1 N–H and O–H groups in total. The highest BCUT2D eigenvalue weighted by Gasteiger charge is 2.19. The number of hydrogen-bond acceptors (Lipinski definition) is 5. The van der Waals surface area contributed by atoms with Crippen molar-refractivity contribution in [2.75, 3.05) is 46.0 Å². The fraction of sp³-hybridized carbons (Fsp3) is 0.370. The minimum absolute atomic E-state index is 0.142. The second-order valence-electron chi connectivity index (χ2n) is 8.42. The van der Waals surface area contributed by atoms with Crippen LogP contribution in [0, 0.1) is 12.7 Å². The quantitative estimate of drug-likeness (QED) is 0.483. The summed E-state index contributed by atoms with van der Waals surface area (Å²) in [7, 11) is 0.